The van der Waals surface area contributed by atoms with Gasteiger partial charge in [-0.2, -0.15) is 0 Å². The molecule has 1 unspecified atom stereocenters. The summed E-state index contributed by atoms with van der Waals surface area (Å²) in [5.41, 5.74) is 1.63. The minimum Gasteiger partial charge on any atom is -0.431 e. The average Bonchev–Trinajstić information content (AvgIpc) is 3.26. The maximum absolute atomic E-state index is 14.5. The van der Waals surface area contributed by atoms with E-state index >= 15 is 0 Å². The minimum atomic E-state index is -1.53. The lowest BCUT2D eigenvalue weighted by Gasteiger charge is -2.20. The molecule has 2 amide bonds. The molecule has 0 bridgehead atoms. The number of halogens is 2. The van der Waals surface area contributed by atoms with Crippen molar-refractivity contribution >= 4 is 46.5 Å². The van der Waals surface area contributed by atoms with E-state index < -0.39 is 23.9 Å². The highest BCUT2D eigenvalue weighted by Gasteiger charge is 2.28. The summed E-state index contributed by atoms with van der Waals surface area (Å²) in [5.74, 6) is -0.834. The molecule has 3 aromatic carbocycles. The lowest BCUT2D eigenvalue weighted by atomic mass is 10.1. The highest BCUT2D eigenvalue weighted by Crippen LogP contribution is 2.26. The Kier molecular flexibility index (Phi) is 7.08. The van der Waals surface area contributed by atoms with Gasteiger partial charge in [0.1, 0.15) is 11.7 Å². The number of nitrogens with zero attached hydrogens (tertiary/aromatic N) is 1. The standard InChI is InChI=1S/C25H22ClFN4O3/c26-16-7-9-18(10-8-16)30-25(33)34-23(20-4-1-2-5-21(20)27)24(32)29-17-11-13-19(14-12-17)31-15-3-6-22(31)28/h1-2,4-5,7-14,23,28H,3,6,15H2,(H,29,32)(H,30,33). The van der Waals surface area contributed by atoms with Crippen molar-refractivity contribution in [2.24, 2.45) is 0 Å². The highest BCUT2D eigenvalue weighted by atomic mass is 35.5. The van der Waals surface area contributed by atoms with Gasteiger partial charge in [-0.15, -0.1) is 0 Å². The summed E-state index contributed by atoms with van der Waals surface area (Å²) >= 11 is 5.85. The van der Waals surface area contributed by atoms with Crippen molar-refractivity contribution in [2.45, 2.75) is 18.9 Å². The number of nitrogens with one attached hydrogen (secondary N) is 3. The second kappa shape index (κ2) is 10.4. The van der Waals surface area contributed by atoms with E-state index in [1.807, 2.05) is 4.90 Å². The van der Waals surface area contributed by atoms with Crippen molar-refractivity contribution in [3.8, 4) is 0 Å². The van der Waals surface area contributed by atoms with Crippen LogP contribution in [0.4, 0.5) is 26.2 Å². The van der Waals surface area contributed by atoms with E-state index in [-0.39, 0.29) is 5.56 Å². The van der Waals surface area contributed by atoms with Crippen LogP contribution >= 0.6 is 11.6 Å². The molecule has 174 valence electrons. The van der Waals surface area contributed by atoms with Crippen LogP contribution < -0.4 is 15.5 Å². The number of carbonyl (C=O) groups is 2. The largest absolute Gasteiger partial charge is 0.431 e. The summed E-state index contributed by atoms with van der Waals surface area (Å²) in [7, 11) is 0. The Balaban J connectivity index is 1.49. The molecule has 3 N–H and O–H groups in total. The fourth-order valence-electron chi connectivity index (χ4n) is 3.63. The van der Waals surface area contributed by atoms with Crippen molar-refractivity contribution in [2.75, 3.05) is 22.1 Å². The first-order chi connectivity index (χ1) is 16.4. The van der Waals surface area contributed by atoms with Gasteiger partial charge in [0.15, 0.2) is 0 Å². The van der Waals surface area contributed by atoms with Gasteiger partial charge in [0.2, 0.25) is 6.10 Å². The molecule has 0 saturated carbocycles. The van der Waals surface area contributed by atoms with Crippen LogP contribution in [0, 0.1) is 11.2 Å². The first-order valence-corrected chi connectivity index (χ1v) is 11.0. The molecule has 1 aliphatic heterocycles. The zero-order chi connectivity index (χ0) is 24.1. The Morgan fingerprint density at radius 1 is 0.971 bits per heavy atom. The van der Waals surface area contributed by atoms with E-state index in [2.05, 4.69) is 10.6 Å². The van der Waals surface area contributed by atoms with Gasteiger partial charge in [0.25, 0.3) is 5.91 Å². The second-order valence-electron chi connectivity index (χ2n) is 7.68. The number of amides is 2. The van der Waals surface area contributed by atoms with Crippen molar-refractivity contribution < 1.29 is 18.7 Å². The molecule has 1 fully saturated rings. The summed E-state index contributed by atoms with van der Waals surface area (Å²) in [6.07, 6.45) is -0.788. The predicted octanol–water partition coefficient (Wildman–Crippen LogP) is 5.99. The Bertz CT molecular complexity index is 1200. The third-order valence-electron chi connectivity index (χ3n) is 5.31. The molecule has 3 aromatic rings. The number of rotatable bonds is 6. The van der Waals surface area contributed by atoms with Crippen LogP contribution in [-0.2, 0) is 9.53 Å². The first-order valence-electron chi connectivity index (χ1n) is 10.6. The number of carbonyl (C=O) groups excluding carboxylic acids is 2. The Morgan fingerprint density at radius 2 is 1.62 bits per heavy atom. The van der Waals surface area contributed by atoms with Gasteiger partial charge in [-0.05, 0) is 61.0 Å². The van der Waals surface area contributed by atoms with Crippen LogP contribution in [0.3, 0.4) is 0 Å². The molecule has 0 aliphatic carbocycles. The zero-order valence-electron chi connectivity index (χ0n) is 18.1. The molecule has 0 radical (unpaired) electrons. The number of amidine groups is 1. The van der Waals surface area contributed by atoms with Crippen molar-refractivity contribution in [3.63, 3.8) is 0 Å². The van der Waals surface area contributed by atoms with Gasteiger partial charge in [-0.3, -0.25) is 15.5 Å². The van der Waals surface area contributed by atoms with Gasteiger partial charge in [-0.1, -0.05) is 29.8 Å². The van der Waals surface area contributed by atoms with Gasteiger partial charge in [0.05, 0.1) is 0 Å². The summed E-state index contributed by atoms with van der Waals surface area (Å²) < 4.78 is 19.8. The van der Waals surface area contributed by atoms with Gasteiger partial charge in [-0.25, -0.2) is 9.18 Å². The summed E-state index contributed by atoms with van der Waals surface area (Å²) in [6.45, 7) is 0.774. The van der Waals surface area contributed by atoms with Gasteiger partial charge >= 0.3 is 6.09 Å². The summed E-state index contributed by atoms with van der Waals surface area (Å²) in [6, 6.07) is 18.9. The van der Waals surface area contributed by atoms with Gasteiger partial charge < -0.3 is 15.0 Å². The number of hydrogen-bond donors (Lipinski definition) is 3. The van der Waals surface area contributed by atoms with E-state index in [4.69, 9.17) is 21.7 Å². The molecule has 1 heterocycles. The van der Waals surface area contributed by atoms with E-state index in [1.165, 1.54) is 18.2 Å². The Labute approximate surface area is 201 Å². The predicted molar refractivity (Wildman–Crippen MR) is 130 cm³/mol. The SMILES string of the molecule is N=C1CCCN1c1ccc(NC(=O)C(OC(=O)Nc2ccc(Cl)cc2)c2ccccc2F)cc1. The first kappa shape index (κ1) is 23.3. The second-order valence-corrected chi connectivity index (χ2v) is 8.11. The molecular formula is C25H22ClFN4O3. The van der Waals surface area contributed by atoms with Crippen LogP contribution in [0.5, 0.6) is 0 Å². The molecule has 1 saturated heterocycles. The van der Waals surface area contributed by atoms with Crippen molar-refractivity contribution in [1.29, 1.82) is 5.41 Å². The Hall–Kier alpha value is -3.91. The molecule has 4 rings (SSSR count). The molecule has 9 heteroatoms. The topological polar surface area (TPSA) is 94.5 Å². The van der Waals surface area contributed by atoms with Crippen molar-refractivity contribution in [3.05, 3.63) is 89.2 Å². The molecular weight excluding hydrogens is 459 g/mol. The zero-order valence-corrected chi connectivity index (χ0v) is 18.8. The average molecular weight is 481 g/mol. The summed E-state index contributed by atoms with van der Waals surface area (Å²) in [5, 5.41) is 13.7. The maximum Gasteiger partial charge on any atom is 0.412 e. The van der Waals surface area contributed by atoms with Gasteiger partial charge in [0, 0.05) is 40.6 Å². The van der Waals surface area contributed by atoms with E-state index in [9.17, 15) is 14.0 Å². The van der Waals surface area contributed by atoms with Crippen LogP contribution in [0.15, 0.2) is 72.8 Å². The third-order valence-corrected chi connectivity index (χ3v) is 5.56. The van der Waals surface area contributed by atoms with Crippen LogP contribution in [0.25, 0.3) is 0 Å². The normalized spacial score (nSPS) is 13.9. The fourth-order valence-corrected chi connectivity index (χ4v) is 3.75. The number of benzene rings is 3. The smallest absolute Gasteiger partial charge is 0.412 e. The minimum absolute atomic E-state index is 0.0756. The molecule has 1 atom stereocenters. The lowest BCUT2D eigenvalue weighted by molar-refractivity contribution is -0.124. The molecule has 34 heavy (non-hydrogen) atoms. The molecule has 0 spiro atoms. The quantitative estimate of drug-likeness (QED) is 0.404. The van der Waals surface area contributed by atoms with E-state index in [0.29, 0.717) is 22.2 Å². The van der Waals surface area contributed by atoms with Crippen molar-refractivity contribution in [1.82, 2.24) is 0 Å². The molecule has 7 nitrogen and oxygen atoms in total. The fraction of sp³-hybridized carbons (Fsp3) is 0.160. The molecule has 0 aromatic heterocycles. The third kappa shape index (κ3) is 5.52. The summed E-state index contributed by atoms with van der Waals surface area (Å²) in [4.78, 5) is 27.4. The number of ether oxygens (including phenoxy) is 1. The number of anilines is 3. The van der Waals surface area contributed by atoms with Crippen LogP contribution in [-0.4, -0.2) is 24.4 Å². The maximum atomic E-state index is 14.5. The lowest BCUT2D eigenvalue weighted by Crippen LogP contribution is -2.28. The monoisotopic (exact) mass is 480 g/mol. The van der Waals surface area contributed by atoms with Crippen LogP contribution in [0.1, 0.15) is 24.5 Å². The molecule has 1 aliphatic rings. The van der Waals surface area contributed by atoms with Crippen LogP contribution in [0.2, 0.25) is 5.02 Å². The van der Waals surface area contributed by atoms with E-state index in [0.717, 1.165) is 25.1 Å². The number of hydrogen-bond acceptors (Lipinski definition) is 4. The Morgan fingerprint density at radius 3 is 2.26 bits per heavy atom. The highest BCUT2D eigenvalue weighted by molar-refractivity contribution is 6.30. The van der Waals surface area contributed by atoms with E-state index in [1.54, 1.807) is 54.6 Å².